The van der Waals surface area contributed by atoms with Gasteiger partial charge in [0.25, 0.3) is 0 Å². The van der Waals surface area contributed by atoms with Crippen LogP contribution in [-0.4, -0.2) is 42.7 Å². The Morgan fingerprint density at radius 3 is 2.57 bits per heavy atom. The zero-order valence-corrected chi connectivity index (χ0v) is 13.4. The van der Waals surface area contributed by atoms with Crippen LogP contribution < -0.4 is 10.0 Å². The highest BCUT2D eigenvalue weighted by Gasteiger charge is 2.21. The fourth-order valence-corrected chi connectivity index (χ4v) is 2.97. The van der Waals surface area contributed by atoms with E-state index in [4.69, 9.17) is 5.11 Å². The Hall–Kier alpha value is -1.68. The molecular weight excluding hydrogens is 318 g/mol. The Morgan fingerprint density at radius 1 is 1.43 bits per heavy atom. The van der Waals surface area contributed by atoms with E-state index in [0.717, 1.165) is 17.6 Å². The number of nitrogens with one attached hydrogen (secondary N) is 2. The highest BCUT2D eigenvalue weighted by Crippen LogP contribution is 2.16. The lowest BCUT2D eigenvalue weighted by Gasteiger charge is -2.17. The number of nitrogens with zero attached hydrogens (tertiary/aromatic N) is 1. The Morgan fingerprint density at radius 2 is 2.05 bits per heavy atom. The molecule has 0 aliphatic heterocycles. The first-order valence-corrected chi connectivity index (χ1v) is 8.80. The van der Waals surface area contributed by atoms with Crippen molar-refractivity contribution in [3.05, 3.63) is 11.1 Å². The van der Waals surface area contributed by atoms with Crippen LogP contribution in [0.5, 0.6) is 0 Å². The summed E-state index contributed by atoms with van der Waals surface area (Å²) >= 11 is 1.07. The lowest BCUT2D eigenvalue weighted by atomic mass is 10.0. The van der Waals surface area contributed by atoms with Gasteiger partial charge >= 0.3 is 5.97 Å². The summed E-state index contributed by atoms with van der Waals surface area (Å²) < 4.78 is 24.3. The van der Waals surface area contributed by atoms with Crippen molar-refractivity contribution in [2.24, 2.45) is 5.92 Å². The number of thiazole rings is 1. The summed E-state index contributed by atoms with van der Waals surface area (Å²) in [4.78, 5) is 26.5. The van der Waals surface area contributed by atoms with Crippen LogP contribution in [0.15, 0.2) is 5.38 Å². The molecule has 0 saturated carbocycles. The van der Waals surface area contributed by atoms with Gasteiger partial charge in [0.15, 0.2) is 5.13 Å². The van der Waals surface area contributed by atoms with Gasteiger partial charge in [-0.3, -0.25) is 14.3 Å². The maximum absolute atomic E-state index is 11.8. The Labute approximate surface area is 126 Å². The SMILES string of the molecule is CC(NC(=O)Cc1csc(NS(C)(=O)=O)n1)C(C)C(=O)O. The fourth-order valence-electron chi connectivity index (χ4n) is 1.40. The Bertz CT molecular complexity index is 626. The lowest BCUT2D eigenvalue weighted by molar-refractivity contribution is -0.142. The fraction of sp³-hybridized carbons (Fsp3) is 0.545. The first-order chi connectivity index (χ1) is 9.58. The van der Waals surface area contributed by atoms with Gasteiger partial charge in [0, 0.05) is 11.4 Å². The van der Waals surface area contributed by atoms with E-state index in [2.05, 4.69) is 15.0 Å². The summed E-state index contributed by atoms with van der Waals surface area (Å²) in [5, 5.41) is 13.2. The Balaban J connectivity index is 2.58. The maximum Gasteiger partial charge on any atom is 0.308 e. The highest BCUT2D eigenvalue weighted by molar-refractivity contribution is 7.92. The minimum Gasteiger partial charge on any atom is -0.481 e. The van der Waals surface area contributed by atoms with Gasteiger partial charge in [-0.05, 0) is 13.8 Å². The second-order valence-corrected chi connectivity index (χ2v) is 7.28. The summed E-state index contributed by atoms with van der Waals surface area (Å²) in [6, 6.07) is -0.512. The molecule has 2 atom stereocenters. The molecule has 1 rings (SSSR count). The molecule has 0 fully saturated rings. The van der Waals surface area contributed by atoms with E-state index in [1.54, 1.807) is 12.3 Å². The monoisotopic (exact) mass is 335 g/mol. The first-order valence-electron chi connectivity index (χ1n) is 6.03. The number of aromatic nitrogens is 1. The second-order valence-electron chi connectivity index (χ2n) is 4.68. The highest BCUT2D eigenvalue weighted by atomic mass is 32.2. The number of carboxylic acids is 1. The van der Waals surface area contributed by atoms with Crippen LogP contribution in [0.1, 0.15) is 19.5 Å². The van der Waals surface area contributed by atoms with Crippen molar-refractivity contribution >= 4 is 38.4 Å². The number of anilines is 1. The molecule has 1 aromatic heterocycles. The van der Waals surface area contributed by atoms with Gasteiger partial charge in [-0.2, -0.15) is 0 Å². The van der Waals surface area contributed by atoms with Crippen LogP contribution in [0.25, 0.3) is 0 Å². The molecule has 0 aliphatic carbocycles. The molecule has 1 aromatic rings. The first kappa shape index (κ1) is 17.4. The molecular formula is C11H17N3O5S2. The van der Waals surface area contributed by atoms with Crippen molar-refractivity contribution in [3.8, 4) is 0 Å². The molecule has 0 spiro atoms. The van der Waals surface area contributed by atoms with Crippen molar-refractivity contribution in [1.29, 1.82) is 0 Å². The van der Waals surface area contributed by atoms with Gasteiger partial charge in [-0.1, -0.05) is 0 Å². The van der Waals surface area contributed by atoms with Gasteiger partial charge in [-0.25, -0.2) is 13.4 Å². The van der Waals surface area contributed by atoms with E-state index in [0.29, 0.717) is 5.69 Å². The molecule has 0 aliphatic rings. The minimum absolute atomic E-state index is 0.0430. The van der Waals surface area contributed by atoms with Crippen LogP contribution in [0.3, 0.4) is 0 Å². The van der Waals surface area contributed by atoms with E-state index in [1.807, 2.05) is 0 Å². The van der Waals surface area contributed by atoms with Crippen LogP contribution >= 0.6 is 11.3 Å². The summed E-state index contributed by atoms with van der Waals surface area (Å²) in [6.45, 7) is 3.11. The molecule has 0 aromatic carbocycles. The predicted octanol–water partition coefficient (Wildman–Crippen LogP) is 0.282. The van der Waals surface area contributed by atoms with Crippen molar-refractivity contribution in [1.82, 2.24) is 10.3 Å². The number of aliphatic carboxylic acids is 1. The number of amides is 1. The van der Waals surface area contributed by atoms with Gasteiger partial charge in [0.1, 0.15) is 0 Å². The third-order valence-corrected chi connectivity index (χ3v) is 4.19. The summed E-state index contributed by atoms with van der Waals surface area (Å²) in [6.07, 6.45) is 0.967. The standard InChI is InChI=1S/C11H17N3O5S2/c1-6(10(16)17)7(2)12-9(15)4-8-5-20-11(13-8)14-21(3,18)19/h5-7H,4H2,1-3H3,(H,12,15)(H,13,14)(H,16,17). The topological polar surface area (TPSA) is 125 Å². The number of carboxylic acid groups (broad SMARTS) is 1. The van der Waals surface area contributed by atoms with E-state index in [1.165, 1.54) is 6.92 Å². The molecule has 0 bridgehead atoms. The number of carbonyl (C=O) groups is 2. The zero-order chi connectivity index (χ0) is 16.2. The number of carbonyl (C=O) groups excluding carboxylic acids is 1. The van der Waals surface area contributed by atoms with Crippen molar-refractivity contribution in [2.75, 3.05) is 11.0 Å². The third-order valence-electron chi connectivity index (χ3n) is 2.69. The number of hydrogen-bond acceptors (Lipinski definition) is 6. The van der Waals surface area contributed by atoms with Crippen LogP contribution in [0.2, 0.25) is 0 Å². The molecule has 1 amide bonds. The Kier molecular flexibility index (Phi) is 5.67. The lowest BCUT2D eigenvalue weighted by Crippen LogP contribution is -2.40. The third kappa shape index (κ3) is 6.08. The number of hydrogen-bond donors (Lipinski definition) is 3. The molecule has 0 radical (unpaired) electrons. The summed E-state index contributed by atoms with van der Waals surface area (Å²) in [7, 11) is -3.40. The minimum atomic E-state index is -3.40. The average molecular weight is 335 g/mol. The summed E-state index contributed by atoms with van der Waals surface area (Å²) in [5.41, 5.74) is 0.416. The quantitative estimate of drug-likeness (QED) is 0.657. The maximum atomic E-state index is 11.8. The normalized spacial score (nSPS) is 14.2. The van der Waals surface area contributed by atoms with Gasteiger partial charge in [0.05, 0.1) is 24.3 Å². The van der Waals surface area contributed by atoms with Gasteiger partial charge in [-0.15, -0.1) is 11.3 Å². The van der Waals surface area contributed by atoms with Crippen molar-refractivity contribution in [3.63, 3.8) is 0 Å². The average Bonchev–Trinajstić information content (AvgIpc) is 2.72. The van der Waals surface area contributed by atoms with Gasteiger partial charge < -0.3 is 10.4 Å². The molecule has 8 nitrogen and oxygen atoms in total. The molecule has 3 N–H and O–H groups in total. The molecule has 0 saturated heterocycles. The zero-order valence-electron chi connectivity index (χ0n) is 11.8. The van der Waals surface area contributed by atoms with E-state index < -0.39 is 28.0 Å². The van der Waals surface area contributed by atoms with Crippen molar-refractivity contribution < 1.29 is 23.1 Å². The predicted molar refractivity (Wildman–Crippen MR) is 78.7 cm³/mol. The van der Waals surface area contributed by atoms with Crippen LogP contribution in [-0.2, 0) is 26.0 Å². The van der Waals surface area contributed by atoms with E-state index in [-0.39, 0.29) is 17.5 Å². The summed E-state index contributed by atoms with van der Waals surface area (Å²) in [5.74, 6) is -2.06. The smallest absolute Gasteiger partial charge is 0.308 e. The molecule has 118 valence electrons. The van der Waals surface area contributed by atoms with Gasteiger partial charge in [0.2, 0.25) is 15.9 Å². The number of rotatable bonds is 7. The van der Waals surface area contributed by atoms with Crippen LogP contribution in [0.4, 0.5) is 5.13 Å². The van der Waals surface area contributed by atoms with Crippen LogP contribution in [0, 0.1) is 5.92 Å². The van der Waals surface area contributed by atoms with E-state index >= 15 is 0 Å². The molecule has 2 unspecified atom stereocenters. The molecule has 21 heavy (non-hydrogen) atoms. The largest absolute Gasteiger partial charge is 0.481 e. The molecule has 1 heterocycles. The van der Waals surface area contributed by atoms with E-state index in [9.17, 15) is 18.0 Å². The van der Waals surface area contributed by atoms with Crippen molar-refractivity contribution in [2.45, 2.75) is 26.3 Å². The second kappa shape index (κ2) is 6.85. The molecule has 10 heteroatoms. The number of sulfonamides is 1.